The minimum Gasteiger partial charge on any atom is -0.363 e. The largest absolute Gasteiger partial charge is 0.410 e. The number of benzene rings is 1. The second-order valence-electron chi connectivity index (χ2n) is 11.0. The predicted molar refractivity (Wildman–Crippen MR) is 118 cm³/mol. The molecule has 0 saturated heterocycles. The van der Waals surface area contributed by atoms with Crippen LogP contribution in [0, 0.1) is 29.0 Å². The molecule has 0 radical (unpaired) electrons. The normalized spacial score (nSPS) is 33.9. The highest BCUT2D eigenvalue weighted by Gasteiger charge is 2.51. The molecule has 34 heavy (non-hydrogen) atoms. The number of amides is 1. The molecule has 5 aliphatic rings. The van der Waals surface area contributed by atoms with Crippen molar-refractivity contribution < 1.29 is 22.4 Å². The van der Waals surface area contributed by atoms with Crippen molar-refractivity contribution in [2.24, 2.45) is 23.2 Å². The molecule has 2 N–H and O–H groups in total. The number of nitrogens with zero attached hydrogens (tertiary/aromatic N) is 2. The number of halogens is 4. The van der Waals surface area contributed by atoms with Crippen LogP contribution in [0.25, 0.3) is 0 Å². The lowest BCUT2D eigenvalue weighted by Crippen LogP contribution is -2.51. The van der Waals surface area contributed by atoms with E-state index in [0.717, 1.165) is 41.7 Å². The Hall–Kier alpha value is -2.58. The lowest BCUT2D eigenvalue weighted by Gasteiger charge is -2.56. The number of hydrogen-bond acceptors (Lipinski definition) is 3. The SMILES string of the molecule is O=C(NCC12CC3CC(CC(C3)C1)C2)c1cnn2c1N[C@@H](c1ccc(F)cc1)C[C@H]2C(F)(F)F. The zero-order valence-corrected chi connectivity index (χ0v) is 18.7. The van der Waals surface area contributed by atoms with Gasteiger partial charge in [-0.25, -0.2) is 9.07 Å². The van der Waals surface area contributed by atoms with E-state index in [-0.39, 0.29) is 23.2 Å². The molecule has 4 saturated carbocycles. The first-order valence-corrected chi connectivity index (χ1v) is 12.1. The number of carbonyl (C=O) groups is 1. The number of hydrogen-bond donors (Lipinski definition) is 2. The van der Waals surface area contributed by atoms with Crippen molar-refractivity contribution >= 4 is 11.7 Å². The molecule has 2 atom stereocenters. The molecule has 0 spiro atoms. The highest BCUT2D eigenvalue weighted by molar-refractivity contribution is 5.99. The minimum absolute atomic E-state index is 0.0610. The van der Waals surface area contributed by atoms with E-state index in [2.05, 4.69) is 15.7 Å². The predicted octanol–water partition coefficient (Wildman–Crippen LogP) is 5.63. The molecular weight excluding hydrogens is 448 g/mol. The lowest BCUT2D eigenvalue weighted by molar-refractivity contribution is -0.173. The van der Waals surface area contributed by atoms with Crippen LogP contribution in [0.1, 0.15) is 73.0 Å². The molecule has 5 nitrogen and oxygen atoms in total. The summed E-state index contributed by atoms with van der Waals surface area (Å²) >= 11 is 0. The van der Waals surface area contributed by atoms with Gasteiger partial charge in [-0.15, -0.1) is 0 Å². The second kappa shape index (κ2) is 7.71. The molecule has 2 aromatic rings. The van der Waals surface area contributed by atoms with Gasteiger partial charge in [0, 0.05) is 13.0 Å². The van der Waals surface area contributed by atoms with Crippen LogP contribution in [-0.4, -0.2) is 28.4 Å². The van der Waals surface area contributed by atoms with Gasteiger partial charge in [0.15, 0.2) is 6.04 Å². The van der Waals surface area contributed by atoms with Gasteiger partial charge in [-0.05, 0) is 79.4 Å². The Balaban J connectivity index is 1.24. The summed E-state index contributed by atoms with van der Waals surface area (Å²) in [6.45, 7) is 0.560. The van der Waals surface area contributed by atoms with Crippen LogP contribution in [-0.2, 0) is 0 Å². The van der Waals surface area contributed by atoms with Gasteiger partial charge in [-0.1, -0.05) is 12.1 Å². The number of nitrogens with one attached hydrogen (secondary N) is 2. The van der Waals surface area contributed by atoms with E-state index in [1.165, 1.54) is 49.7 Å². The fourth-order valence-electron chi connectivity index (χ4n) is 7.51. The fourth-order valence-corrected chi connectivity index (χ4v) is 7.51. The Labute approximate surface area is 195 Å². The van der Waals surface area contributed by atoms with Crippen LogP contribution < -0.4 is 10.6 Å². The van der Waals surface area contributed by atoms with Crippen LogP contribution in [0.4, 0.5) is 23.4 Å². The van der Waals surface area contributed by atoms with E-state index < -0.39 is 30.0 Å². The van der Waals surface area contributed by atoms with Crippen LogP contribution in [0.15, 0.2) is 30.5 Å². The van der Waals surface area contributed by atoms with Crippen LogP contribution in [0.2, 0.25) is 0 Å². The number of anilines is 1. The van der Waals surface area contributed by atoms with Gasteiger partial charge < -0.3 is 10.6 Å². The third kappa shape index (κ3) is 3.77. The monoisotopic (exact) mass is 476 g/mol. The highest BCUT2D eigenvalue weighted by Crippen LogP contribution is 2.59. The zero-order chi connectivity index (χ0) is 23.7. The molecule has 1 aliphatic heterocycles. The standard InChI is InChI=1S/C25H28F4N4O/c26-18-3-1-17(2-4-18)20-8-21(25(27,28)29)33-22(32-20)19(12-31-33)23(34)30-13-24-9-14-5-15(10-24)7-16(6-14)11-24/h1-4,12,14-16,20-21,32H,5-11,13H2,(H,30,34)/t14?,15?,16?,20-,21+,24?/m1/s1. The molecule has 2 heterocycles. The lowest BCUT2D eigenvalue weighted by atomic mass is 9.49. The summed E-state index contributed by atoms with van der Waals surface area (Å²) in [6, 6.07) is 2.81. The second-order valence-corrected chi connectivity index (χ2v) is 11.0. The van der Waals surface area contributed by atoms with Crippen LogP contribution in [0.5, 0.6) is 0 Å². The number of rotatable bonds is 4. The maximum Gasteiger partial charge on any atom is 0.410 e. The third-order valence-electron chi connectivity index (χ3n) is 8.54. The van der Waals surface area contributed by atoms with Gasteiger partial charge in [0.05, 0.1) is 12.2 Å². The quantitative estimate of drug-likeness (QED) is 0.563. The Morgan fingerprint density at radius 3 is 2.26 bits per heavy atom. The molecule has 182 valence electrons. The maximum atomic E-state index is 13.9. The molecule has 1 amide bonds. The number of carbonyl (C=O) groups excluding carboxylic acids is 1. The zero-order valence-electron chi connectivity index (χ0n) is 18.7. The van der Waals surface area contributed by atoms with Crippen molar-refractivity contribution in [2.75, 3.05) is 11.9 Å². The number of aromatic nitrogens is 2. The van der Waals surface area contributed by atoms with E-state index in [0.29, 0.717) is 12.1 Å². The first kappa shape index (κ1) is 21.9. The van der Waals surface area contributed by atoms with Crippen LogP contribution >= 0.6 is 0 Å². The van der Waals surface area contributed by atoms with Gasteiger partial charge in [0.2, 0.25) is 0 Å². The Morgan fingerprint density at radius 2 is 1.68 bits per heavy atom. The summed E-state index contributed by atoms with van der Waals surface area (Å²) in [5.74, 6) is 1.45. The first-order chi connectivity index (χ1) is 16.2. The van der Waals surface area contributed by atoms with Crippen molar-refractivity contribution in [1.82, 2.24) is 15.1 Å². The maximum absolute atomic E-state index is 13.9. The van der Waals surface area contributed by atoms with Gasteiger partial charge >= 0.3 is 6.18 Å². The van der Waals surface area contributed by atoms with Crippen molar-refractivity contribution in [1.29, 1.82) is 0 Å². The van der Waals surface area contributed by atoms with Gasteiger partial charge in [-0.3, -0.25) is 4.79 Å². The number of alkyl halides is 3. The van der Waals surface area contributed by atoms with Crippen molar-refractivity contribution in [3.63, 3.8) is 0 Å². The molecule has 0 unspecified atom stereocenters. The van der Waals surface area contributed by atoms with E-state index >= 15 is 0 Å². The van der Waals surface area contributed by atoms with E-state index in [1.54, 1.807) is 0 Å². The average Bonchev–Trinajstić information content (AvgIpc) is 3.20. The Morgan fingerprint density at radius 1 is 1.06 bits per heavy atom. The van der Waals surface area contributed by atoms with Gasteiger partial charge in [-0.2, -0.15) is 18.3 Å². The molecule has 4 aliphatic carbocycles. The summed E-state index contributed by atoms with van der Waals surface area (Å²) in [4.78, 5) is 13.2. The van der Waals surface area contributed by atoms with Crippen molar-refractivity contribution in [3.05, 3.63) is 47.4 Å². The van der Waals surface area contributed by atoms with Gasteiger partial charge in [0.25, 0.3) is 5.91 Å². The fraction of sp³-hybridized carbons (Fsp3) is 0.600. The summed E-state index contributed by atoms with van der Waals surface area (Å²) in [7, 11) is 0. The summed E-state index contributed by atoms with van der Waals surface area (Å²) in [5, 5.41) is 10.1. The highest BCUT2D eigenvalue weighted by atomic mass is 19.4. The molecule has 1 aromatic carbocycles. The third-order valence-corrected chi connectivity index (χ3v) is 8.54. The molecular formula is C25H28F4N4O. The Kier molecular flexibility index (Phi) is 4.97. The van der Waals surface area contributed by atoms with E-state index in [1.807, 2.05) is 0 Å². The molecule has 4 bridgehead atoms. The molecule has 1 aromatic heterocycles. The molecule has 4 fully saturated rings. The first-order valence-electron chi connectivity index (χ1n) is 12.1. The topological polar surface area (TPSA) is 59.0 Å². The minimum atomic E-state index is -4.53. The van der Waals surface area contributed by atoms with E-state index in [9.17, 15) is 22.4 Å². The summed E-state index contributed by atoms with van der Waals surface area (Å²) in [5.41, 5.74) is 0.768. The summed E-state index contributed by atoms with van der Waals surface area (Å²) in [6.07, 6.45) is 3.70. The molecule has 9 heteroatoms. The van der Waals surface area contributed by atoms with Gasteiger partial charge in [0.1, 0.15) is 17.2 Å². The Bertz CT molecular complexity index is 1060. The van der Waals surface area contributed by atoms with E-state index in [4.69, 9.17) is 0 Å². The summed E-state index contributed by atoms with van der Waals surface area (Å²) < 4.78 is 56.0. The molecule has 7 rings (SSSR count). The average molecular weight is 477 g/mol. The van der Waals surface area contributed by atoms with Crippen LogP contribution in [0.3, 0.4) is 0 Å². The van der Waals surface area contributed by atoms with Crippen molar-refractivity contribution in [3.8, 4) is 0 Å². The number of fused-ring (bicyclic) bond motifs is 1. The smallest absolute Gasteiger partial charge is 0.363 e. The van der Waals surface area contributed by atoms with Crippen molar-refractivity contribution in [2.45, 2.75) is 63.2 Å².